The molecule has 0 saturated carbocycles. The van der Waals surface area contributed by atoms with Gasteiger partial charge in [-0.1, -0.05) is 6.07 Å². The fourth-order valence-corrected chi connectivity index (χ4v) is 5.35. The Morgan fingerprint density at radius 3 is 2.22 bits per heavy atom. The number of aromatic nitrogens is 3. The number of likely N-dealkylation sites (tertiary alicyclic amines) is 1. The van der Waals surface area contributed by atoms with Crippen LogP contribution in [0.5, 0.6) is 0 Å². The van der Waals surface area contributed by atoms with Gasteiger partial charge in [-0.25, -0.2) is 14.5 Å². The third kappa shape index (κ3) is 6.31. The first-order valence-corrected chi connectivity index (χ1v) is 13.9. The summed E-state index contributed by atoms with van der Waals surface area (Å²) in [6.45, 7) is 8.94. The van der Waals surface area contributed by atoms with E-state index >= 15 is 0 Å². The van der Waals surface area contributed by atoms with Gasteiger partial charge in [0.2, 0.25) is 0 Å². The number of nitro benzene ring substituents is 1. The van der Waals surface area contributed by atoms with Gasteiger partial charge >= 0.3 is 6.09 Å². The first kappa shape index (κ1) is 28.1. The topological polar surface area (TPSA) is 127 Å². The third-order valence-electron chi connectivity index (χ3n) is 7.42. The van der Waals surface area contributed by atoms with Gasteiger partial charge in [0.1, 0.15) is 11.4 Å². The average molecular weight is 562 g/mol. The summed E-state index contributed by atoms with van der Waals surface area (Å²) in [7, 11) is 0. The molecule has 0 N–H and O–H groups in total. The molecule has 12 nitrogen and oxygen atoms in total. The zero-order valence-electron chi connectivity index (χ0n) is 23.6. The Hall–Kier alpha value is -4.48. The van der Waals surface area contributed by atoms with E-state index in [0.29, 0.717) is 63.4 Å². The van der Waals surface area contributed by atoms with Gasteiger partial charge in [-0.15, -0.1) is 0 Å². The lowest BCUT2D eigenvalue weighted by atomic mass is 9.90. The van der Waals surface area contributed by atoms with E-state index in [-0.39, 0.29) is 23.6 Å². The van der Waals surface area contributed by atoms with Gasteiger partial charge in [-0.05, 0) is 57.9 Å². The molecule has 41 heavy (non-hydrogen) atoms. The van der Waals surface area contributed by atoms with Crippen LogP contribution < -0.4 is 4.90 Å². The van der Waals surface area contributed by atoms with Crippen molar-refractivity contribution in [2.24, 2.45) is 0 Å². The number of anilines is 1. The normalized spacial score (nSPS) is 16.5. The average Bonchev–Trinajstić information content (AvgIpc) is 3.42. The molecule has 2 amide bonds. The Morgan fingerprint density at radius 1 is 0.951 bits per heavy atom. The summed E-state index contributed by atoms with van der Waals surface area (Å²) in [5.74, 6) is 0.756. The van der Waals surface area contributed by atoms with E-state index in [9.17, 15) is 19.7 Å². The maximum Gasteiger partial charge on any atom is 0.410 e. The van der Waals surface area contributed by atoms with Crippen molar-refractivity contribution in [2.45, 2.75) is 45.1 Å². The number of carbonyl (C=O) groups is 2. The van der Waals surface area contributed by atoms with E-state index in [2.05, 4.69) is 15.0 Å². The number of nitro groups is 1. The summed E-state index contributed by atoms with van der Waals surface area (Å²) in [5.41, 5.74) is 1.32. The molecule has 2 fully saturated rings. The monoisotopic (exact) mass is 561 g/mol. The number of hydrogen-bond acceptors (Lipinski definition) is 8. The highest BCUT2D eigenvalue weighted by molar-refractivity contribution is 5.95. The number of hydrogen-bond donors (Lipinski definition) is 0. The lowest BCUT2D eigenvalue weighted by Gasteiger charge is -2.36. The molecule has 216 valence electrons. The highest BCUT2D eigenvalue weighted by Gasteiger charge is 2.34. The van der Waals surface area contributed by atoms with Gasteiger partial charge in [0.15, 0.2) is 0 Å². The summed E-state index contributed by atoms with van der Waals surface area (Å²) < 4.78 is 7.27. The molecule has 4 heterocycles. The largest absolute Gasteiger partial charge is 0.444 e. The van der Waals surface area contributed by atoms with Gasteiger partial charge in [-0.3, -0.25) is 14.9 Å². The molecule has 0 atom stereocenters. The van der Waals surface area contributed by atoms with Crippen LogP contribution in [0.4, 0.5) is 16.3 Å². The molecular weight excluding hydrogens is 526 g/mol. The van der Waals surface area contributed by atoms with Gasteiger partial charge in [-0.2, -0.15) is 5.10 Å². The van der Waals surface area contributed by atoms with Gasteiger partial charge in [0.05, 0.1) is 28.1 Å². The Labute approximate surface area is 238 Å². The fraction of sp³-hybridized carbons (Fsp3) is 0.448. The molecule has 0 spiro atoms. The van der Waals surface area contributed by atoms with Crippen LogP contribution in [0.15, 0.2) is 54.9 Å². The second-order valence-electron chi connectivity index (χ2n) is 11.3. The highest BCUT2D eigenvalue weighted by Crippen LogP contribution is 2.34. The first-order chi connectivity index (χ1) is 19.6. The summed E-state index contributed by atoms with van der Waals surface area (Å²) in [6, 6.07) is 12.0. The van der Waals surface area contributed by atoms with Crippen molar-refractivity contribution < 1.29 is 19.2 Å². The third-order valence-corrected chi connectivity index (χ3v) is 7.42. The molecule has 5 rings (SSSR count). The lowest BCUT2D eigenvalue weighted by molar-refractivity contribution is -0.384. The van der Waals surface area contributed by atoms with Gasteiger partial charge in [0, 0.05) is 63.5 Å². The SMILES string of the molecule is CC(C)(C)OC(=O)N1CCC(c2c(C(=O)N3CCN(c4ccccn4)CC3)cnn2-c2ccc([N+](=O)[O-])cc2)CC1. The zero-order chi connectivity index (χ0) is 29.1. The van der Waals surface area contributed by atoms with E-state index in [1.165, 1.54) is 12.1 Å². The first-order valence-electron chi connectivity index (χ1n) is 13.9. The molecular formula is C29H35N7O5. The Balaban J connectivity index is 1.38. The minimum Gasteiger partial charge on any atom is -0.444 e. The molecule has 2 saturated heterocycles. The number of pyridine rings is 1. The molecule has 2 aromatic heterocycles. The molecule has 3 aromatic rings. The minimum absolute atomic E-state index is 0.0183. The molecule has 2 aliphatic heterocycles. The van der Waals surface area contributed by atoms with E-state index < -0.39 is 10.5 Å². The lowest BCUT2D eigenvalue weighted by Crippen LogP contribution is -2.49. The predicted octanol–water partition coefficient (Wildman–Crippen LogP) is 4.25. The summed E-state index contributed by atoms with van der Waals surface area (Å²) in [6.07, 6.45) is 4.28. The molecule has 0 aliphatic carbocycles. The van der Waals surface area contributed by atoms with Crippen molar-refractivity contribution in [2.75, 3.05) is 44.2 Å². The Bertz CT molecular complexity index is 1390. The number of rotatable bonds is 5. The van der Waals surface area contributed by atoms with E-state index in [4.69, 9.17) is 4.74 Å². The van der Waals surface area contributed by atoms with Crippen LogP contribution in [0.3, 0.4) is 0 Å². The number of ether oxygens (including phenoxy) is 1. The van der Waals surface area contributed by atoms with Crippen LogP contribution in [0.25, 0.3) is 5.69 Å². The fourth-order valence-electron chi connectivity index (χ4n) is 5.35. The van der Waals surface area contributed by atoms with Crippen LogP contribution in [-0.4, -0.2) is 86.4 Å². The number of piperazine rings is 1. The quantitative estimate of drug-likeness (QED) is 0.334. The van der Waals surface area contributed by atoms with Crippen LogP contribution in [0.1, 0.15) is 55.6 Å². The minimum atomic E-state index is -0.581. The summed E-state index contributed by atoms with van der Waals surface area (Å²) in [5, 5.41) is 15.8. The Morgan fingerprint density at radius 2 is 1.63 bits per heavy atom. The molecule has 2 aliphatic rings. The van der Waals surface area contributed by atoms with E-state index in [1.54, 1.807) is 34.1 Å². The van der Waals surface area contributed by atoms with E-state index in [1.807, 2.05) is 43.9 Å². The summed E-state index contributed by atoms with van der Waals surface area (Å²) >= 11 is 0. The van der Waals surface area contributed by atoms with Gasteiger partial charge < -0.3 is 19.4 Å². The van der Waals surface area contributed by atoms with Crippen molar-refractivity contribution in [3.63, 3.8) is 0 Å². The van der Waals surface area contributed by atoms with Crippen molar-refractivity contribution in [3.8, 4) is 5.69 Å². The number of benzene rings is 1. The molecule has 1 aromatic carbocycles. The van der Waals surface area contributed by atoms with Crippen LogP contribution >= 0.6 is 0 Å². The smallest absolute Gasteiger partial charge is 0.410 e. The maximum atomic E-state index is 13.9. The van der Waals surface area contributed by atoms with Crippen molar-refractivity contribution in [1.82, 2.24) is 24.6 Å². The number of non-ortho nitro benzene ring substituents is 1. The van der Waals surface area contributed by atoms with E-state index in [0.717, 1.165) is 11.5 Å². The molecule has 0 bridgehead atoms. The Kier molecular flexibility index (Phi) is 7.91. The predicted molar refractivity (Wildman–Crippen MR) is 152 cm³/mol. The molecule has 12 heteroatoms. The van der Waals surface area contributed by atoms with Crippen LogP contribution in [-0.2, 0) is 4.74 Å². The second-order valence-corrected chi connectivity index (χ2v) is 11.3. The van der Waals surface area contributed by atoms with Crippen molar-refractivity contribution in [1.29, 1.82) is 0 Å². The maximum absolute atomic E-state index is 13.9. The second kappa shape index (κ2) is 11.6. The molecule has 0 radical (unpaired) electrons. The number of nitrogens with zero attached hydrogens (tertiary/aromatic N) is 7. The summed E-state index contributed by atoms with van der Waals surface area (Å²) in [4.78, 5) is 47.4. The van der Waals surface area contributed by atoms with Crippen LogP contribution in [0, 0.1) is 10.1 Å². The van der Waals surface area contributed by atoms with Crippen molar-refractivity contribution >= 4 is 23.5 Å². The van der Waals surface area contributed by atoms with Crippen molar-refractivity contribution in [3.05, 3.63) is 76.2 Å². The highest BCUT2D eigenvalue weighted by atomic mass is 16.6. The van der Waals surface area contributed by atoms with Crippen LogP contribution in [0.2, 0.25) is 0 Å². The van der Waals surface area contributed by atoms with Gasteiger partial charge in [0.25, 0.3) is 11.6 Å². The number of amides is 2. The standard InChI is InChI=1S/C29H35N7O5/c1-29(2,3)41-28(38)34-14-11-21(12-15-34)26-24(20-31-35(26)22-7-9-23(10-8-22)36(39)40)27(37)33-18-16-32(17-19-33)25-6-4-5-13-30-25/h4-10,13,20-21H,11-12,14-19H2,1-3H3. The number of carbonyl (C=O) groups excluding carboxylic acids is 2. The zero-order valence-corrected chi connectivity index (χ0v) is 23.6. The molecule has 0 unspecified atom stereocenters. The number of piperidine rings is 1.